The molecule has 2 fully saturated rings. The molecule has 0 unspecified atom stereocenters. The second-order valence-electron chi connectivity index (χ2n) is 6.93. The van der Waals surface area contributed by atoms with Gasteiger partial charge in [0.2, 0.25) is 12.3 Å². The van der Waals surface area contributed by atoms with Crippen molar-refractivity contribution in [3.63, 3.8) is 0 Å². The van der Waals surface area contributed by atoms with Crippen molar-refractivity contribution in [2.75, 3.05) is 45.8 Å². The van der Waals surface area contributed by atoms with Crippen molar-refractivity contribution in [2.24, 2.45) is 5.92 Å². The summed E-state index contributed by atoms with van der Waals surface area (Å²) >= 11 is 0. The number of piperazine rings is 1. The fraction of sp³-hybridized carbons (Fsp3) is 0.579. The van der Waals surface area contributed by atoms with E-state index >= 15 is 0 Å². The Morgan fingerprint density at radius 1 is 1.00 bits per heavy atom. The van der Waals surface area contributed by atoms with Crippen LogP contribution in [0.3, 0.4) is 0 Å². The molecule has 0 saturated carbocycles. The highest BCUT2D eigenvalue weighted by molar-refractivity contribution is 5.78. The van der Waals surface area contributed by atoms with Crippen LogP contribution in [0.4, 0.5) is 0 Å². The molecule has 5 heteroatoms. The molecule has 2 amide bonds. The van der Waals surface area contributed by atoms with Crippen LogP contribution in [0.1, 0.15) is 18.4 Å². The van der Waals surface area contributed by atoms with Crippen molar-refractivity contribution >= 4 is 12.3 Å². The molecule has 1 aromatic carbocycles. The van der Waals surface area contributed by atoms with E-state index in [1.165, 1.54) is 18.4 Å². The van der Waals surface area contributed by atoms with Crippen molar-refractivity contribution < 1.29 is 9.59 Å². The highest BCUT2D eigenvalue weighted by Gasteiger charge is 2.25. The second kappa shape index (κ2) is 8.29. The zero-order valence-corrected chi connectivity index (χ0v) is 14.3. The molecule has 2 aliphatic rings. The van der Waals surface area contributed by atoms with Gasteiger partial charge in [0.25, 0.3) is 0 Å². The Hall–Kier alpha value is -1.88. The average Bonchev–Trinajstić information content (AvgIpc) is 2.64. The lowest BCUT2D eigenvalue weighted by molar-refractivity contribution is -0.136. The van der Waals surface area contributed by atoms with E-state index in [0.29, 0.717) is 32.7 Å². The van der Waals surface area contributed by atoms with Gasteiger partial charge in [-0.2, -0.15) is 0 Å². The molecule has 0 atom stereocenters. The first-order chi connectivity index (χ1) is 11.7. The maximum atomic E-state index is 12.4. The van der Waals surface area contributed by atoms with Gasteiger partial charge in [-0.15, -0.1) is 0 Å². The number of hydrogen-bond acceptors (Lipinski definition) is 3. The summed E-state index contributed by atoms with van der Waals surface area (Å²) in [6.07, 6.45) is 4.36. The summed E-state index contributed by atoms with van der Waals surface area (Å²) in [5.41, 5.74) is 1.42. The minimum Gasteiger partial charge on any atom is -0.342 e. The smallest absolute Gasteiger partial charge is 0.236 e. The summed E-state index contributed by atoms with van der Waals surface area (Å²) in [6, 6.07) is 10.7. The van der Waals surface area contributed by atoms with Crippen molar-refractivity contribution in [1.29, 1.82) is 0 Å². The fourth-order valence-corrected chi connectivity index (χ4v) is 3.66. The molecule has 0 aliphatic carbocycles. The number of carbonyl (C=O) groups is 2. The van der Waals surface area contributed by atoms with Crippen molar-refractivity contribution in [1.82, 2.24) is 14.7 Å². The van der Waals surface area contributed by atoms with E-state index in [1.807, 2.05) is 4.90 Å². The molecule has 1 aromatic rings. The normalized spacial score (nSPS) is 20.2. The molecule has 24 heavy (non-hydrogen) atoms. The third kappa shape index (κ3) is 4.57. The maximum Gasteiger partial charge on any atom is 0.236 e. The van der Waals surface area contributed by atoms with E-state index in [4.69, 9.17) is 0 Å². The Kier molecular flexibility index (Phi) is 5.86. The summed E-state index contributed by atoms with van der Waals surface area (Å²) in [5.74, 6) is 0.942. The molecule has 2 heterocycles. The molecule has 0 radical (unpaired) electrons. The molecule has 3 rings (SSSR count). The van der Waals surface area contributed by atoms with Gasteiger partial charge in [0.15, 0.2) is 0 Å². The Balaban J connectivity index is 1.39. The van der Waals surface area contributed by atoms with Crippen LogP contribution in [0, 0.1) is 5.92 Å². The van der Waals surface area contributed by atoms with E-state index in [1.54, 1.807) is 4.90 Å². The Labute approximate surface area is 144 Å². The number of piperidine rings is 1. The first-order valence-electron chi connectivity index (χ1n) is 8.98. The van der Waals surface area contributed by atoms with E-state index in [2.05, 4.69) is 35.2 Å². The number of nitrogens with zero attached hydrogens (tertiary/aromatic N) is 3. The summed E-state index contributed by atoms with van der Waals surface area (Å²) in [7, 11) is 0. The number of amides is 2. The molecular weight excluding hydrogens is 302 g/mol. The molecule has 5 nitrogen and oxygen atoms in total. The lowest BCUT2D eigenvalue weighted by Crippen LogP contribution is -2.51. The Morgan fingerprint density at radius 3 is 2.29 bits per heavy atom. The molecule has 0 bridgehead atoms. The highest BCUT2D eigenvalue weighted by Crippen LogP contribution is 2.21. The summed E-state index contributed by atoms with van der Waals surface area (Å²) in [5, 5.41) is 0. The van der Waals surface area contributed by atoms with Crippen LogP contribution in [-0.4, -0.2) is 72.8 Å². The van der Waals surface area contributed by atoms with Gasteiger partial charge in [-0.3, -0.25) is 14.5 Å². The summed E-state index contributed by atoms with van der Waals surface area (Å²) in [4.78, 5) is 29.1. The lowest BCUT2D eigenvalue weighted by atomic mass is 9.90. The predicted molar refractivity (Wildman–Crippen MR) is 93.5 cm³/mol. The van der Waals surface area contributed by atoms with Gasteiger partial charge >= 0.3 is 0 Å². The van der Waals surface area contributed by atoms with Crippen LogP contribution in [0.25, 0.3) is 0 Å². The Morgan fingerprint density at radius 2 is 1.67 bits per heavy atom. The minimum absolute atomic E-state index is 0.210. The maximum absolute atomic E-state index is 12.4. The first kappa shape index (κ1) is 17.0. The average molecular weight is 329 g/mol. The molecule has 0 N–H and O–H groups in total. The van der Waals surface area contributed by atoms with Gasteiger partial charge in [-0.25, -0.2) is 0 Å². The molecule has 0 aromatic heterocycles. The van der Waals surface area contributed by atoms with E-state index in [9.17, 15) is 9.59 Å². The Bertz CT molecular complexity index is 533. The van der Waals surface area contributed by atoms with Crippen LogP contribution in [0.5, 0.6) is 0 Å². The van der Waals surface area contributed by atoms with Crippen molar-refractivity contribution in [3.05, 3.63) is 35.9 Å². The van der Waals surface area contributed by atoms with Gasteiger partial charge in [0.1, 0.15) is 0 Å². The van der Waals surface area contributed by atoms with Crippen LogP contribution >= 0.6 is 0 Å². The van der Waals surface area contributed by atoms with Crippen LogP contribution in [-0.2, 0) is 16.0 Å². The first-order valence-corrected chi connectivity index (χ1v) is 8.98. The zero-order valence-electron chi connectivity index (χ0n) is 14.3. The number of carbonyl (C=O) groups excluding carboxylic acids is 2. The zero-order chi connectivity index (χ0) is 16.8. The third-order valence-electron chi connectivity index (χ3n) is 5.25. The summed E-state index contributed by atoms with van der Waals surface area (Å²) in [6.45, 7) is 5.21. The van der Waals surface area contributed by atoms with Crippen LogP contribution in [0.15, 0.2) is 30.3 Å². The fourth-order valence-electron chi connectivity index (χ4n) is 3.66. The third-order valence-corrected chi connectivity index (χ3v) is 5.25. The van der Waals surface area contributed by atoms with Crippen LogP contribution < -0.4 is 0 Å². The predicted octanol–water partition coefficient (Wildman–Crippen LogP) is 1.24. The second-order valence-corrected chi connectivity index (χ2v) is 6.93. The lowest BCUT2D eigenvalue weighted by Gasteiger charge is -2.36. The van der Waals surface area contributed by atoms with Gasteiger partial charge in [0.05, 0.1) is 6.54 Å². The molecule has 130 valence electrons. The monoisotopic (exact) mass is 329 g/mol. The number of likely N-dealkylation sites (tertiary alicyclic amines) is 1. The van der Waals surface area contributed by atoms with Crippen molar-refractivity contribution in [2.45, 2.75) is 19.3 Å². The summed E-state index contributed by atoms with van der Waals surface area (Å²) < 4.78 is 0. The number of rotatable bonds is 5. The molecule has 0 spiro atoms. The molecule has 2 saturated heterocycles. The quantitative estimate of drug-likeness (QED) is 0.764. The van der Waals surface area contributed by atoms with Gasteiger partial charge in [-0.1, -0.05) is 30.3 Å². The standard InChI is InChI=1S/C19H27N3O2/c23-16-21-10-12-22(13-11-21)19(24)15-20-8-6-18(7-9-20)14-17-4-2-1-3-5-17/h1-5,16,18H,6-15H2. The minimum atomic E-state index is 0.210. The van der Waals surface area contributed by atoms with E-state index in [0.717, 1.165) is 31.8 Å². The molecule has 2 aliphatic heterocycles. The van der Waals surface area contributed by atoms with E-state index < -0.39 is 0 Å². The number of hydrogen-bond donors (Lipinski definition) is 0. The van der Waals surface area contributed by atoms with E-state index in [-0.39, 0.29) is 5.91 Å². The molecular formula is C19H27N3O2. The topological polar surface area (TPSA) is 43.9 Å². The van der Waals surface area contributed by atoms with Crippen LogP contribution in [0.2, 0.25) is 0 Å². The van der Waals surface area contributed by atoms with Gasteiger partial charge in [0, 0.05) is 26.2 Å². The van der Waals surface area contributed by atoms with Crippen molar-refractivity contribution in [3.8, 4) is 0 Å². The highest BCUT2D eigenvalue weighted by atomic mass is 16.2. The van der Waals surface area contributed by atoms with Gasteiger partial charge in [-0.05, 0) is 43.8 Å². The van der Waals surface area contributed by atoms with Gasteiger partial charge < -0.3 is 9.80 Å². The SMILES string of the molecule is O=CN1CCN(C(=O)CN2CCC(Cc3ccccc3)CC2)CC1. The number of benzene rings is 1. The largest absolute Gasteiger partial charge is 0.342 e.